The van der Waals surface area contributed by atoms with Gasteiger partial charge in [-0.1, -0.05) is 19.9 Å². The maximum Gasteiger partial charge on any atom is 0.252 e. The summed E-state index contributed by atoms with van der Waals surface area (Å²) in [4.78, 5) is 12.0. The summed E-state index contributed by atoms with van der Waals surface area (Å²) in [5, 5.41) is 4.65. The van der Waals surface area contributed by atoms with Gasteiger partial charge in [-0.3, -0.25) is 4.79 Å². The van der Waals surface area contributed by atoms with Gasteiger partial charge in [0.15, 0.2) is 0 Å². The number of rotatable bonds is 5. The first-order valence-corrected chi connectivity index (χ1v) is 9.32. The Morgan fingerprint density at radius 1 is 1.52 bits per heavy atom. The van der Waals surface area contributed by atoms with Gasteiger partial charge in [0.25, 0.3) is 10.0 Å². The molecule has 1 fully saturated rings. The number of nitrogens with zero attached hydrogens (tertiary/aromatic N) is 1. The van der Waals surface area contributed by atoms with E-state index in [1.165, 1.54) is 7.05 Å². The van der Waals surface area contributed by atoms with E-state index in [0.717, 1.165) is 34.9 Å². The molecular weight excluding hydrogens is 308 g/mol. The molecule has 1 N–H and O–H groups in total. The van der Waals surface area contributed by atoms with Crippen LogP contribution in [-0.4, -0.2) is 38.3 Å². The Labute approximate surface area is 130 Å². The molecular formula is C14H22N2O3S2. The monoisotopic (exact) mass is 330 g/mol. The van der Waals surface area contributed by atoms with Crippen LogP contribution < -0.4 is 5.32 Å². The largest absolute Gasteiger partial charge is 0.352 e. The van der Waals surface area contributed by atoms with Gasteiger partial charge in [-0.05, 0) is 36.1 Å². The zero-order valence-electron chi connectivity index (χ0n) is 12.6. The number of sulfonamides is 1. The third-order valence-electron chi connectivity index (χ3n) is 3.86. The highest BCUT2D eigenvalue weighted by Crippen LogP contribution is 2.36. The van der Waals surface area contributed by atoms with E-state index in [4.69, 9.17) is 0 Å². The van der Waals surface area contributed by atoms with Gasteiger partial charge in [0.05, 0.1) is 6.54 Å². The lowest BCUT2D eigenvalue weighted by Gasteiger charge is -2.20. The van der Waals surface area contributed by atoms with Crippen LogP contribution in [0.15, 0.2) is 21.7 Å². The van der Waals surface area contributed by atoms with Crippen molar-refractivity contribution in [2.75, 3.05) is 13.6 Å². The molecule has 1 saturated carbocycles. The first-order chi connectivity index (χ1) is 9.71. The molecule has 1 aromatic rings. The minimum Gasteiger partial charge on any atom is -0.352 e. The van der Waals surface area contributed by atoms with Crippen molar-refractivity contribution in [3.05, 3.63) is 17.5 Å². The van der Waals surface area contributed by atoms with Crippen molar-refractivity contribution in [2.24, 2.45) is 5.41 Å². The van der Waals surface area contributed by atoms with Crippen molar-refractivity contribution in [3.63, 3.8) is 0 Å². The van der Waals surface area contributed by atoms with Crippen LogP contribution in [0.1, 0.15) is 33.1 Å². The number of carbonyl (C=O) groups is 1. The van der Waals surface area contributed by atoms with E-state index in [2.05, 4.69) is 19.2 Å². The molecule has 7 heteroatoms. The second-order valence-electron chi connectivity index (χ2n) is 6.36. The van der Waals surface area contributed by atoms with E-state index >= 15 is 0 Å². The van der Waals surface area contributed by atoms with Crippen molar-refractivity contribution in [2.45, 2.75) is 43.4 Å². The van der Waals surface area contributed by atoms with Crippen LogP contribution in [0.2, 0.25) is 0 Å². The Morgan fingerprint density at radius 3 is 2.76 bits per heavy atom. The topological polar surface area (TPSA) is 66.5 Å². The van der Waals surface area contributed by atoms with Crippen molar-refractivity contribution in [1.29, 1.82) is 0 Å². The summed E-state index contributed by atoms with van der Waals surface area (Å²) in [6.07, 6.45) is 2.99. The van der Waals surface area contributed by atoms with Gasteiger partial charge in [0, 0.05) is 13.1 Å². The first kappa shape index (κ1) is 16.5. The quantitative estimate of drug-likeness (QED) is 0.899. The van der Waals surface area contributed by atoms with Gasteiger partial charge in [-0.2, -0.15) is 4.31 Å². The fraction of sp³-hybridized carbons (Fsp3) is 0.643. The highest BCUT2D eigenvalue weighted by atomic mass is 32.2. The second-order valence-corrected chi connectivity index (χ2v) is 9.58. The maximum atomic E-state index is 12.2. The Hall–Kier alpha value is -0.920. The van der Waals surface area contributed by atoms with Crippen molar-refractivity contribution in [3.8, 4) is 0 Å². The SMILES string of the molecule is CN(CC(=O)NC1CCC(C)(C)C1)S(=O)(=O)c1cccs1. The van der Waals surface area contributed by atoms with Crippen LogP contribution in [0.4, 0.5) is 0 Å². The molecule has 1 aromatic heterocycles. The van der Waals surface area contributed by atoms with Crippen molar-refractivity contribution >= 4 is 27.3 Å². The Kier molecular flexibility index (Phi) is 4.75. The number of nitrogens with one attached hydrogen (secondary N) is 1. The summed E-state index contributed by atoms with van der Waals surface area (Å²) < 4.78 is 25.8. The molecule has 1 aliphatic rings. The smallest absolute Gasteiger partial charge is 0.252 e. The molecule has 1 aliphatic carbocycles. The standard InChI is InChI=1S/C14H22N2O3S2/c1-14(2)7-6-11(9-14)15-12(17)10-16(3)21(18,19)13-5-4-8-20-13/h4-5,8,11H,6-7,9-10H2,1-3H3,(H,15,17). The molecule has 0 radical (unpaired) electrons. The summed E-state index contributed by atoms with van der Waals surface area (Å²) in [5.74, 6) is -0.236. The molecule has 0 aromatic carbocycles. The average molecular weight is 330 g/mol. The summed E-state index contributed by atoms with van der Waals surface area (Å²) in [7, 11) is -2.12. The maximum absolute atomic E-state index is 12.2. The molecule has 118 valence electrons. The first-order valence-electron chi connectivity index (χ1n) is 7.00. The summed E-state index contributed by atoms with van der Waals surface area (Å²) in [5.41, 5.74) is 0.257. The van der Waals surface area contributed by atoms with E-state index in [9.17, 15) is 13.2 Å². The average Bonchev–Trinajstić information content (AvgIpc) is 2.98. The molecule has 0 bridgehead atoms. The number of hydrogen-bond acceptors (Lipinski definition) is 4. The summed E-state index contributed by atoms with van der Waals surface area (Å²) in [6, 6.07) is 3.39. The molecule has 21 heavy (non-hydrogen) atoms. The molecule has 0 saturated heterocycles. The van der Waals surface area contributed by atoms with Crippen LogP contribution in [0.5, 0.6) is 0 Å². The summed E-state index contributed by atoms with van der Waals surface area (Å²) in [6.45, 7) is 4.23. The van der Waals surface area contributed by atoms with E-state index in [1.807, 2.05) is 0 Å². The number of hydrogen-bond donors (Lipinski definition) is 1. The molecule has 1 atom stereocenters. The van der Waals surface area contributed by atoms with Crippen molar-refractivity contribution in [1.82, 2.24) is 9.62 Å². The second kappa shape index (κ2) is 6.06. The van der Waals surface area contributed by atoms with Crippen LogP contribution in [0, 0.1) is 5.41 Å². The van der Waals surface area contributed by atoms with Crippen LogP contribution in [-0.2, 0) is 14.8 Å². The van der Waals surface area contributed by atoms with Crippen LogP contribution in [0.3, 0.4) is 0 Å². The van der Waals surface area contributed by atoms with Gasteiger partial charge < -0.3 is 5.32 Å². The van der Waals surface area contributed by atoms with Gasteiger partial charge >= 0.3 is 0 Å². The fourth-order valence-corrected chi connectivity index (χ4v) is 5.01. The number of carbonyl (C=O) groups excluding carboxylic acids is 1. The van der Waals surface area contributed by atoms with Gasteiger partial charge in [-0.25, -0.2) is 8.42 Å². The lowest BCUT2D eigenvalue weighted by atomic mass is 9.92. The van der Waals surface area contributed by atoms with E-state index in [1.54, 1.807) is 17.5 Å². The molecule has 1 unspecified atom stereocenters. The molecule has 1 heterocycles. The van der Waals surface area contributed by atoms with Gasteiger partial charge in [0.2, 0.25) is 5.91 Å². The van der Waals surface area contributed by atoms with E-state index in [0.29, 0.717) is 0 Å². The van der Waals surface area contributed by atoms with Crippen LogP contribution in [0.25, 0.3) is 0 Å². The molecule has 2 rings (SSSR count). The van der Waals surface area contributed by atoms with Gasteiger partial charge in [0.1, 0.15) is 4.21 Å². The zero-order chi connectivity index (χ0) is 15.7. The summed E-state index contributed by atoms with van der Waals surface area (Å²) >= 11 is 1.16. The third kappa shape index (κ3) is 4.05. The highest BCUT2D eigenvalue weighted by molar-refractivity contribution is 7.91. The Bertz CT molecular complexity index is 594. The van der Waals surface area contributed by atoms with E-state index in [-0.39, 0.29) is 28.1 Å². The number of amides is 1. The Morgan fingerprint density at radius 2 is 2.24 bits per heavy atom. The number of thiophene rings is 1. The predicted molar refractivity (Wildman–Crippen MR) is 83.7 cm³/mol. The Balaban J connectivity index is 1.91. The lowest BCUT2D eigenvalue weighted by Crippen LogP contribution is -2.42. The molecule has 0 aliphatic heterocycles. The molecule has 1 amide bonds. The third-order valence-corrected chi connectivity index (χ3v) is 7.04. The van der Waals surface area contributed by atoms with E-state index < -0.39 is 10.0 Å². The minimum atomic E-state index is -3.56. The lowest BCUT2D eigenvalue weighted by molar-refractivity contribution is -0.121. The molecule has 5 nitrogen and oxygen atoms in total. The molecule has 0 spiro atoms. The van der Waals surface area contributed by atoms with Gasteiger partial charge in [-0.15, -0.1) is 11.3 Å². The zero-order valence-corrected chi connectivity index (χ0v) is 14.3. The number of likely N-dealkylation sites (N-methyl/N-ethyl adjacent to an activating group) is 1. The highest BCUT2D eigenvalue weighted by Gasteiger charge is 2.32. The normalized spacial score (nSPS) is 21.6. The van der Waals surface area contributed by atoms with Crippen molar-refractivity contribution < 1.29 is 13.2 Å². The minimum absolute atomic E-state index is 0.142. The van der Waals surface area contributed by atoms with Crippen LogP contribution >= 0.6 is 11.3 Å². The predicted octanol–water partition coefficient (Wildman–Crippen LogP) is 2.06. The fourth-order valence-electron chi connectivity index (χ4n) is 2.68.